The molecule has 90 valence electrons. The molecule has 1 atom stereocenters. The summed E-state index contributed by atoms with van der Waals surface area (Å²) in [4.78, 5) is 4.37. The normalized spacial score (nSPS) is 13.1. The number of methoxy groups -OCH3 is 1. The Morgan fingerprint density at radius 1 is 1.38 bits per heavy atom. The van der Waals surface area contributed by atoms with E-state index in [1.54, 1.807) is 7.11 Å². The Hall–Kier alpha value is -0.930. The van der Waals surface area contributed by atoms with Crippen molar-refractivity contribution in [3.8, 4) is 0 Å². The quantitative estimate of drug-likeness (QED) is 0.801. The fourth-order valence-electron chi connectivity index (χ4n) is 1.51. The fraction of sp³-hybridized carbons (Fsp3) is 0.615. The van der Waals surface area contributed by atoms with E-state index in [0.29, 0.717) is 12.0 Å². The van der Waals surface area contributed by atoms with Crippen molar-refractivity contribution >= 4 is 0 Å². The molecule has 0 aliphatic carbocycles. The highest BCUT2D eigenvalue weighted by Gasteiger charge is 2.12. The lowest BCUT2D eigenvalue weighted by Crippen LogP contribution is -2.37. The largest absolute Gasteiger partial charge is 0.383 e. The van der Waals surface area contributed by atoms with Crippen LogP contribution in [0.2, 0.25) is 0 Å². The van der Waals surface area contributed by atoms with Crippen molar-refractivity contribution in [2.75, 3.05) is 13.7 Å². The Morgan fingerprint density at radius 3 is 2.62 bits per heavy atom. The van der Waals surface area contributed by atoms with Gasteiger partial charge in [0.2, 0.25) is 0 Å². The molecule has 0 saturated carbocycles. The van der Waals surface area contributed by atoms with Crippen LogP contribution in [-0.2, 0) is 11.3 Å². The minimum Gasteiger partial charge on any atom is -0.383 e. The van der Waals surface area contributed by atoms with E-state index in [1.165, 1.54) is 5.56 Å². The van der Waals surface area contributed by atoms with Gasteiger partial charge in [0.05, 0.1) is 12.3 Å². The molecule has 1 aromatic rings. The van der Waals surface area contributed by atoms with Crippen LogP contribution in [0.3, 0.4) is 0 Å². The molecular formula is C13H22N2O. The number of aromatic nitrogens is 1. The number of nitrogens with zero attached hydrogens (tertiary/aromatic N) is 1. The van der Waals surface area contributed by atoms with Crippen LogP contribution >= 0.6 is 0 Å². The number of pyridine rings is 1. The maximum absolute atomic E-state index is 5.19. The zero-order chi connectivity index (χ0) is 12.0. The Bertz CT molecular complexity index is 295. The van der Waals surface area contributed by atoms with Crippen molar-refractivity contribution in [3.63, 3.8) is 0 Å². The van der Waals surface area contributed by atoms with Crippen molar-refractivity contribution in [2.45, 2.75) is 33.4 Å². The highest BCUT2D eigenvalue weighted by atomic mass is 16.5. The van der Waals surface area contributed by atoms with Crippen molar-refractivity contribution in [2.24, 2.45) is 5.92 Å². The molecule has 1 N–H and O–H groups in total. The molecule has 16 heavy (non-hydrogen) atoms. The Kier molecular flexibility index (Phi) is 5.43. The number of rotatable bonds is 6. The molecule has 3 nitrogen and oxygen atoms in total. The molecule has 1 aromatic heterocycles. The number of ether oxygens (including phenoxy) is 1. The van der Waals surface area contributed by atoms with Gasteiger partial charge in [0.15, 0.2) is 0 Å². The smallest absolute Gasteiger partial charge is 0.0618 e. The summed E-state index contributed by atoms with van der Waals surface area (Å²) in [7, 11) is 1.74. The topological polar surface area (TPSA) is 34.1 Å². The molecular weight excluding hydrogens is 200 g/mol. The maximum atomic E-state index is 5.19. The second-order valence-electron chi connectivity index (χ2n) is 4.51. The Morgan fingerprint density at radius 2 is 2.12 bits per heavy atom. The molecule has 0 radical (unpaired) electrons. The summed E-state index contributed by atoms with van der Waals surface area (Å²) in [5.41, 5.74) is 2.27. The highest BCUT2D eigenvalue weighted by molar-refractivity contribution is 5.12. The van der Waals surface area contributed by atoms with Crippen LogP contribution in [0.25, 0.3) is 0 Å². The first-order valence-electron chi connectivity index (χ1n) is 5.77. The predicted octanol–water partition coefficient (Wildman–Crippen LogP) is 2.15. The number of aryl methyl sites for hydroxylation is 1. The fourth-order valence-corrected chi connectivity index (χ4v) is 1.51. The first kappa shape index (κ1) is 13.1. The molecule has 1 unspecified atom stereocenters. The van der Waals surface area contributed by atoms with Gasteiger partial charge in [-0.05, 0) is 24.5 Å². The number of nitrogens with one attached hydrogen (secondary N) is 1. The molecule has 0 aromatic carbocycles. The zero-order valence-electron chi connectivity index (χ0n) is 10.7. The van der Waals surface area contributed by atoms with Crippen molar-refractivity contribution in [1.29, 1.82) is 0 Å². The van der Waals surface area contributed by atoms with Gasteiger partial charge in [-0.3, -0.25) is 4.98 Å². The van der Waals surface area contributed by atoms with Crippen LogP contribution in [0, 0.1) is 12.8 Å². The van der Waals surface area contributed by atoms with E-state index in [9.17, 15) is 0 Å². The van der Waals surface area contributed by atoms with E-state index < -0.39 is 0 Å². The van der Waals surface area contributed by atoms with E-state index in [0.717, 1.165) is 18.8 Å². The van der Waals surface area contributed by atoms with Crippen LogP contribution in [-0.4, -0.2) is 24.7 Å². The monoisotopic (exact) mass is 222 g/mol. The van der Waals surface area contributed by atoms with Crippen molar-refractivity contribution < 1.29 is 4.74 Å². The predicted molar refractivity (Wildman–Crippen MR) is 66.3 cm³/mol. The Labute approximate surface area is 98.2 Å². The summed E-state index contributed by atoms with van der Waals surface area (Å²) < 4.78 is 5.19. The summed E-state index contributed by atoms with van der Waals surface area (Å²) in [5, 5.41) is 3.47. The van der Waals surface area contributed by atoms with Crippen LogP contribution in [0.4, 0.5) is 0 Å². The van der Waals surface area contributed by atoms with Crippen molar-refractivity contribution in [3.05, 3.63) is 29.6 Å². The van der Waals surface area contributed by atoms with Crippen LogP contribution in [0.1, 0.15) is 25.1 Å². The third-order valence-corrected chi connectivity index (χ3v) is 2.67. The first-order valence-corrected chi connectivity index (χ1v) is 5.77. The lowest BCUT2D eigenvalue weighted by Gasteiger charge is -2.21. The van der Waals surface area contributed by atoms with Gasteiger partial charge in [-0.2, -0.15) is 0 Å². The molecule has 0 spiro atoms. The standard InChI is InChI=1S/C13H22N2O/c1-10(2)13(9-16-4)15-8-12-6-5-11(3)7-14-12/h5-7,10,13,15H,8-9H2,1-4H3. The lowest BCUT2D eigenvalue weighted by atomic mass is 10.1. The minimum absolute atomic E-state index is 0.383. The van der Waals surface area contributed by atoms with Crippen LogP contribution < -0.4 is 5.32 Å². The lowest BCUT2D eigenvalue weighted by molar-refractivity contribution is 0.146. The van der Waals surface area contributed by atoms with Gasteiger partial charge in [-0.1, -0.05) is 19.9 Å². The van der Waals surface area contributed by atoms with Gasteiger partial charge in [0, 0.05) is 25.9 Å². The molecule has 0 bridgehead atoms. The third kappa shape index (κ3) is 4.29. The zero-order valence-corrected chi connectivity index (χ0v) is 10.7. The highest BCUT2D eigenvalue weighted by Crippen LogP contribution is 2.04. The summed E-state index contributed by atoms with van der Waals surface area (Å²) in [5.74, 6) is 0.561. The van der Waals surface area contributed by atoms with E-state index >= 15 is 0 Å². The van der Waals surface area contributed by atoms with Crippen LogP contribution in [0.5, 0.6) is 0 Å². The van der Waals surface area contributed by atoms with Gasteiger partial charge in [-0.15, -0.1) is 0 Å². The molecule has 0 saturated heterocycles. The molecule has 1 heterocycles. The second-order valence-corrected chi connectivity index (χ2v) is 4.51. The molecule has 1 rings (SSSR count). The van der Waals surface area contributed by atoms with Gasteiger partial charge < -0.3 is 10.1 Å². The molecule has 0 aliphatic heterocycles. The summed E-state index contributed by atoms with van der Waals surface area (Å²) in [6.45, 7) is 7.97. The van der Waals surface area contributed by atoms with Crippen molar-refractivity contribution in [1.82, 2.24) is 10.3 Å². The van der Waals surface area contributed by atoms with Gasteiger partial charge in [0.1, 0.15) is 0 Å². The summed E-state index contributed by atoms with van der Waals surface area (Å²) >= 11 is 0. The summed E-state index contributed by atoms with van der Waals surface area (Å²) in [6, 6.07) is 4.53. The molecule has 0 aliphatic rings. The molecule has 3 heteroatoms. The SMILES string of the molecule is COCC(NCc1ccc(C)cn1)C(C)C. The minimum atomic E-state index is 0.383. The van der Waals surface area contributed by atoms with E-state index in [2.05, 4.69) is 36.3 Å². The van der Waals surface area contributed by atoms with Gasteiger partial charge in [-0.25, -0.2) is 0 Å². The molecule has 0 amide bonds. The number of hydrogen-bond donors (Lipinski definition) is 1. The van der Waals surface area contributed by atoms with Gasteiger partial charge >= 0.3 is 0 Å². The maximum Gasteiger partial charge on any atom is 0.0618 e. The first-order chi connectivity index (χ1) is 7.63. The second kappa shape index (κ2) is 6.61. The van der Waals surface area contributed by atoms with Crippen LogP contribution in [0.15, 0.2) is 18.3 Å². The van der Waals surface area contributed by atoms with E-state index in [-0.39, 0.29) is 0 Å². The molecule has 0 fully saturated rings. The van der Waals surface area contributed by atoms with E-state index in [1.807, 2.05) is 13.1 Å². The summed E-state index contributed by atoms with van der Waals surface area (Å²) in [6.07, 6.45) is 1.90. The average Bonchev–Trinajstić information content (AvgIpc) is 2.26. The third-order valence-electron chi connectivity index (χ3n) is 2.67. The van der Waals surface area contributed by atoms with Gasteiger partial charge in [0.25, 0.3) is 0 Å². The number of hydrogen-bond acceptors (Lipinski definition) is 3. The van der Waals surface area contributed by atoms with E-state index in [4.69, 9.17) is 4.74 Å². The Balaban J connectivity index is 2.45. The average molecular weight is 222 g/mol.